The number of hydrogen-bond acceptors (Lipinski definition) is 4. The Hall–Kier alpha value is -2.57. The van der Waals surface area contributed by atoms with Crippen LogP contribution in [0.5, 0.6) is 0 Å². The van der Waals surface area contributed by atoms with E-state index in [0.717, 1.165) is 28.7 Å². The van der Waals surface area contributed by atoms with Crippen LogP contribution in [0.3, 0.4) is 0 Å². The van der Waals surface area contributed by atoms with Crippen molar-refractivity contribution in [3.05, 3.63) is 106 Å². The lowest BCUT2D eigenvalue weighted by molar-refractivity contribution is -0.142. The Morgan fingerprint density at radius 1 is 0.939 bits per heavy atom. The molecule has 0 saturated carbocycles. The molecule has 0 radical (unpaired) electrons. The molecule has 0 spiro atoms. The third-order valence-electron chi connectivity index (χ3n) is 6.06. The molecular formula is C28H31FO4. The largest absolute Gasteiger partial charge is 0.392 e. The van der Waals surface area contributed by atoms with Crippen LogP contribution in [0, 0.1) is 12.7 Å². The smallest absolute Gasteiger partial charge is 0.128 e. The average Bonchev–Trinajstić information content (AvgIpc) is 2.84. The summed E-state index contributed by atoms with van der Waals surface area (Å²) in [6.45, 7) is 3.02. The van der Waals surface area contributed by atoms with Gasteiger partial charge < -0.3 is 19.3 Å². The molecule has 0 amide bonds. The molecule has 0 aromatic heterocycles. The van der Waals surface area contributed by atoms with Crippen molar-refractivity contribution in [3.8, 4) is 0 Å². The van der Waals surface area contributed by atoms with Crippen LogP contribution in [-0.2, 0) is 34.0 Å². The third kappa shape index (κ3) is 6.49. The molecule has 1 aliphatic heterocycles. The summed E-state index contributed by atoms with van der Waals surface area (Å²) in [6.07, 6.45) is 0.979. The summed E-state index contributed by atoms with van der Waals surface area (Å²) in [5.41, 5.74) is 4.22. The van der Waals surface area contributed by atoms with Gasteiger partial charge in [-0.25, -0.2) is 4.39 Å². The fraction of sp³-hybridized carbons (Fsp3) is 0.357. The van der Waals surface area contributed by atoms with Crippen LogP contribution in [0.1, 0.15) is 46.8 Å². The van der Waals surface area contributed by atoms with Crippen molar-refractivity contribution in [2.45, 2.75) is 57.9 Å². The molecule has 4 nitrogen and oxygen atoms in total. The summed E-state index contributed by atoms with van der Waals surface area (Å²) in [6, 6.07) is 23.3. The van der Waals surface area contributed by atoms with Crippen molar-refractivity contribution in [2.75, 3.05) is 6.61 Å². The highest BCUT2D eigenvalue weighted by molar-refractivity contribution is 5.34. The van der Waals surface area contributed by atoms with E-state index in [1.807, 2.05) is 55.5 Å². The first-order chi connectivity index (χ1) is 16.1. The number of benzene rings is 3. The zero-order valence-electron chi connectivity index (χ0n) is 19.0. The number of halogens is 1. The molecule has 3 unspecified atom stereocenters. The van der Waals surface area contributed by atoms with E-state index in [2.05, 4.69) is 12.1 Å². The Morgan fingerprint density at radius 2 is 1.61 bits per heavy atom. The second kappa shape index (κ2) is 11.5. The normalized spacial score (nSPS) is 20.6. The fourth-order valence-electron chi connectivity index (χ4n) is 4.29. The minimum atomic E-state index is -0.394. The number of ether oxygens (including phenoxy) is 3. The van der Waals surface area contributed by atoms with Gasteiger partial charge in [0.2, 0.25) is 0 Å². The lowest BCUT2D eigenvalue weighted by Gasteiger charge is -2.36. The van der Waals surface area contributed by atoms with Gasteiger partial charge in [-0.05, 0) is 41.3 Å². The highest BCUT2D eigenvalue weighted by atomic mass is 19.1. The minimum Gasteiger partial charge on any atom is -0.392 e. The van der Waals surface area contributed by atoms with Gasteiger partial charge in [-0.2, -0.15) is 0 Å². The van der Waals surface area contributed by atoms with Crippen LogP contribution in [0.4, 0.5) is 4.39 Å². The molecule has 1 fully saturated rings. The Bertz CT molecular complexity index is 1010. The maximum atomic E-state index is 14.1. The number of aliphatic hydroxyl groups is 1. The Morgan fingerprint density at radius 3 is 2.27 bits per heavy atom. The van der Waals surface area contributed by atoms with Crippen molar-refractivity contribution < 1.29 is 23.7 Å². The quantitative estimate of drug-likeness (QED) is 0.458. The molecule has 33 heavy (non-hydrogen) atoms. The Balaban J connectivity index is 1.46. The highest BCUT2D eigenvalue weighted by Gasteiger charge is 2.32. The van der Waals surface area contributed by atoms with Gasteiger partial charge in [0.15, 0.2) is 0 Å². The zero-order valence-corrected chi connectivity index (χ0v) is 19.0. The first-order valence-electron chi connectivity index (χ1n) is 11.4. The third-order valence-corrected chi connectivity index (χ3v) is 6.06. The molecular weight excluding hydrogens is 419 g/mol. The van der Waals surface area contributed by atoms with Gasteiger partial charge in [0.1, 0.15) is 5.82 Å². The van der Waals surface area contributed by atoms with Gasteiger partial charge >= 0.3 is 0 Å². The summed E-state index contributed by atoms with van der Waals surface area (Å²) in [5.74, 6) is -0.394. The first kappa shape index (κ1) is 23.6. The second-order valence-electron chi connectivity index (χ2n) is 8.60. The van der Waals surface area contributed by atoms with Gasteiger partial charge in [0, 0.05) is 18.4 Å². The lowest BCUT2D eigenvalue weighted by Crippen LogP contribution is -2.36. The van der Waals surface area contributed by atoms with E-state index in [0.29, 0.717) is 26.2 Å². The van der Waals surface area contributed by atoms with Gasteiger partial charge in [-0.1, -0.05) is 60.7 Å². The molecule has 3 atom stereocenters. The maximum Gasteiger partial charge on any atom is 0.128 e. The molecule has 3 aromatic rings. The first-order valence-corrected chi connectivity index (χ1v) is 11.4. The average molecular weight is 451 g/mol. The lowest BCUT2D eigenvalue weighted by atomic mass is 9.92. The highest BCUT2D eigenvalue weighted by Crippen LogP contribution is 2.36. The molecule has 0 bridgehead atoms. The summed E-state index contributed by atoms with van der Waals surface area (Å²) in [5, 5.41) is 9.55. The molecule has 0 aliphatic carbocycles. The number of hydrogen-bond donors (Lipinski definition) is 1. The molecule has 4 rings (SSSR count). The van der Waals surface area contributed by atoms with Crippen LogP contribution in [0.15, 0.2) is 72.8 Å². The van der Waals surface area contributed by atoms with Gasteiger partial charge in [-0.3, -0.25) is 0 Å². The van der Waals surface area contributed by atoms with Crippen LogP contribution in [0.25, 0.3) is 0 Å². The topological polar surface area (TPSA) is 47.9 Å². The van der Waals surface area contributed by atoms with Gasteiger partial charge in [-0.15, -0.1) is 0 Å². The van der Waals surface area contributed by atoms with E-state index in [1.165, 1.54) is 6.07 Å². The predicted molar refractivity (Wildman–Crippen MR) is 125 cm³/mol. The van der Waals surface area contributed by atoms with Gasteiger partial charge in [0.05, 0.1) is 44.7 Å². The molecule has 174 valence electrons. The summed E-state index contributed by atoms with van der Waals surface area (Å²) >= 11 is 0. The molecule has 5 heteroatoms. The number of rotatable bonds is 9. The monoisotopic (exact) mass is 450 g/mol. The van der Waals surface area contributed by atoms with Crippen LogP contribution in [0.2, 0.25) is 0 Å². The van der Waals surface area contributed by atoms with Crippen molar-refractivity contribution in [3.63, 3.8) is 0 Å². The van der Waals surface area contributed by atoms with E-state index < -0.39 is 5.82 Å². The van der Waals surface area contributed by atoms with Gasteiger partial charge in [0.25, 0.3) is 0 Å². The summed E-state index contributed by atoms with van der Waals surface area (Å²) in [4.78, 5) is 0. The standard InChI is InChI=1S/C28H31FO4/c1-20-12-27(29)23(16-30)13-26(20)28-15-24(32-18-22-10-6-3-7-11-22)14-25(33-28)19-31-17-21-8-4-2-5-9-21/h2-13,24-25,28,30H,14-19H2,1H3. The Labute approximate surface area is 194 Å². The molecule has 1 aliphatic rings. The summed E-state index contributed by atoms with van der Waals surface area (Å²) < 4.78 is 32.8. The van der Waals surface area contributed by atoms with Crippen LogP contribution < -0.4 is 0 Å². The van der Waals surface area contributed by atoms with Crippen LogP contribution in [-0.4, -0.2) is 23.9 Å². The van der Waals surface area contributed by atoms with Crippen molar-refractivity contribution in [1.82, 2.24) is 0 Å². The SMILES string of the molecule is Cc1cc(F)c(CO)cc1C1CC(OCc2ccccc2)CC(COCc2ccccc2)O1. The van der Waals surface area contributed by atoms with E-state index in [1.54, 1.807) is 6.07 Å². The molecule has 1 N–H and O–H groups in total. The van der Waals surface area contributed by atoms with E-state index >= 15 is 0 Å². The number of aliphatic hydroxyl groups excluding tert-OH is 1. The van der Waals surface area contributed by atoms with Crippen molar-refractivity contribution >= 4 is 0 Å². The zero-order chi connectivity index (χ0) is 23.0. The van der Waals surface area contributed by atoms with Crippen molar-refractivity contribution in [1.29, 1.82) is 0 Å². The van der Waals surface area contributed by atoms with E-state index in [9.17, 15) is 9.50 Å². The maximum absolute atomic E-state index is 14.1. The van der Waals surface area contributed by atoms with Crippen LogP contribution >= 0.6 is 0 Å². The molecule has 1 heterocycles. The van der Waals surface area contributed by atoms with Crippen molar-refractivity contribution in [2.24, 2.45) is 0 Å². The number of aryl methyl sites for hydroxylation is 1. The second-order valence-corrected chi connectivity index (χ2v) is 8.60. The fourth-order valence-corrected chi connectivity index (χ4v) is 4.29. The van der Waals surface area contributed by atoms with E-state index in [4.69, 9.17) is 14.2 Å². The minimum absolute atomic E-state index is 0.0173. The Kier molecular flexibility index (Phi) is 8.24. The summed E-state index contributed by atoms with van der Waals surface area (Å²) in [7, 11) is 0. The molecule has 3 aromatic carbocycles. The molecule has 1 saturated heterocycles. The van der Waals surface area contributed by atoms with E-state index in [-0.39, 0.29) is 30.5 Å². The predicted octanol–water partition coefficient (Wildman–Crippen LogP) is 5.65.